The Bertz CT molecular complexity index is 1190. The van der Waals surface area contributed by atoms with Crippen LogP contribution in [0.25, 0.3) is 11.1 Å². The van der Waals surface area contributed by atoms with Crippen LogP contribution in [-0.2, 0) is 16.0 Å². The molecular weight excluding hydrogens is 456 g/mol. The Balaban J connectivity index is 1.48. The van der Waals surface area contributed by atoms with Crippen LogP contribution in [0.4, 0.5) is 0 Å². The molecule has 0 heterocycles. The Morgan fingerprint density at radius 1 is 0.861 bits per heavy atom. The zero-order valence-electron chi connectivity index (χ0n) is 19.9. The molecule has 3 aromatic carbocycles. The van der Waals surface area contributed by atoms with Gasteiger partial charge in [-0.15, -0.1) is 0 Å². The van der Waals surface area contributed by atoms with Gasteiger partial charge >= 0.3 is 11.9 Å². The highest BCUT2D eigenvalue weighted by Crippen LogP contribution is 2.41. The van der Waals surface area contributed by atoms with Crippen LogP contribution in [-0.4, -0.2) is 39.5 Å². The lowest BCUT2D eigenvalue weighted by Crippen LogP contribution is -2.29. The van der Waals surface area contributed by atoms with Crippen molar-refractivity contribution in [1.29, 1.82) is 0 Å². The van der Waals surface area contributed by atoms with E-state index >= 15 is 0 Å². The summed E-state index contributed by atoms with van der Waals surface area (Å²) in [6.45, 7) is 0. The summed E-state index contributed by atoms with van der Waals surface area (Å²) in [6.07, 6.45) is 0.758. The molecule has 0 unspecified atom stereocenters. The summed E-state index contributed by atoms with van der Waals surface area (Å²) in [7, 11) is 0. The van der Waals surface area contributed by atoms with Crippen LogP contribution in [0.15, 0.2) is 96.8 Å². The number of aliphatic hydroxyl groups excluding tert-OH is 2. The minimum Gasteiger partial charge on any atom is -0.512 e. The number of carboxylic acid groups (broad SMARTS) is 1. The number of hydrogen-bond donors (Lipinski definition) is 3. The van der Waals surface area contributed by atoms with Gasteiger partial charge in [0.1, 0.15) is 6.10 Å². The molecule has 36 heavy (non-hydrogen) atoms. The van der Waals surface area contributed by atoms with E-state index in [0.717, 1.165) is 16.7 Å². The second-order valence-corrected chi connectivity index (χ2v) is 9.13. The van der Waals surface area contributed by atoms with Gasteiger partial charge in [0, 0.05) is 12.3 Å². The average Bonchev–Trinajstić information content (AvgIpc) is 3.18. The van der Waals surface area contributed by atoms with Gasteiger partial charge in [-0.25, -0.2) is 4.79 Å². The summed E-state index contributed by atoms with van der Waals surface area (Å²) in [6, 6.07) is 26.6. The molecule has 1 aliphatic carbocycles. The fourth-order valence-corrected chi connectivity index (χ4v) is 4.87. The van der Waals surface area contributed by atoms with Crippen LogP contribution in [0.1, 0.15) is 35.2 Å². The van der Waals surface area contributed by atoms with E-state index in [0.29, 0.717) is 18.4 Å². The van der Waals surface area contributed by atoms with E-state index in [9.17, 15) is 24.9 Å². The maximum Gasteiger partial charge on any atom is 0.338 e. The maximum atomic E-state index is 12.9. The number of carboxylic acids is 1. The van der Waals surface area contributed by atoms with E-state index in [2.05, 4.69) is 0 Å². The molecule has 6 heteroatoms. The minimum atomic E-state index is -1.08. The van der Waals surface area contributed by atoms with Crippen molar-refractivity contribution in [2.75, 3.05) is 0 Å². The fourth-order valence-electron chi connectivity index (χ4n) is 4.87. The fraction of sp³-hybridized carbons (Fsp3) is 0.267. The van der Waals surface area contributed by atoms with Gasteiger partial charge in [0.2, 0.25) is 0 Å². The van der Waals surface area contributed by atoms with E-state index in [-0.39, 0.29) is 18.6 Å². The first-order chi connectivity index (χ1) is 17.4. The molecule has 0 spiro atoms. The normalized spacial score (nSPS) is 21.8. The van der Waals surface area contributed by atoms with Crippen LogP contribution in [0.5, 0.6) is 0 Å². The third-order valence-electron chi connectivity index (χ3n) is 6.70. The zero-order valence-corrected chi connectivity index (χ0v) is 19.9. The van der Waals surface area contributed by atoms with Crippen LogP contribution in [0, 0.1) is 11.8 Å². The number of aliphatic hydroxyl groups is 2. The molecule has 4 atom stereocenters. The topological polar surface area (TPSA) is 104 Å². The van der Waals surface area contributed by atoms with Crippen LogP contribution >= 0.6 is 0 Å². The monoisotopic (exact) mass is 486 g/mol. The third kappa shape index (κ3) is 6.20. The molecule has 3 aromatic rings. The van der Waals surface area contributed by atoms with Crippen molar-refractivity contribution in [2.45, 2.75) is 37.9 Å². The summed E-state index contributed by atoms with van der Waals surface area (Å²) in [5.41, 5.74) is 3.44. The molecule has 1 fully saturated rings. The number of hydrogen-bond acceptors (Lipinski definition) is 5. The number of carbonyl (C=O) groups is 2. The lowest BCUT2D eigenvalue weighted by atomic mass is 9.88. The summed E-state index contributed by atoms with van der Waals surface area (Å²) < 4.78 is 5.73. The number of benzene rings is 3. The smallest absolute Gasteiger partial charge is 0.338 e. The van der Waals surface area contributed by atoms with Gasteiger partial charge in [-0.2, -0.15) is 0 Å². The zero-order chi connectivity index (χ0) is 25.5. The molecule has 0 aliphatic heterocycles. The van der Waals surface area contributed by atoms with Gasteiger partial charge in [-0.1, -0.05) is 72.8 Å². The summed E-state index contributed by atoms with van der Waals surface area (Å²) in [5, 5.41) is 30.9. The molecular formula is C30H30O6. The number of ether oxygens (including phenoxy) is 1. The number of aliphatic carboxylic acids is 1. The molecule has 0 bridgehead atoms. The number of rotatable bonds is 9. The van der Waals surface area contributed by atoms with Crippen molar-refractivity contribution < 1.29 is 29.6 Å². The number of esters is 1. The van der Waals surface area contributed by atoms with Crippen molar-refractivity contribution in [3.8, 4) is 11.1 Å². The highest BCUT2D eigenvalue weighted by atomic mass is 16.5. The summed E-state index contributed by atoms with van der Waals surface area (Å²) in [4.78, 5) is 24.4. The van der Waals surface area contributed by atoms with E-state index in [1.165, 1.54) is 0 Å². The van der Waals surface area contributed by atoms with E-state index in [4.69, 9.17) is 4.74 Å². The molecule has 1 aliphatic rings. The van der Waals surface area contributed by atoms with Gasteiger partial charge in [-0.05, 0) is 47.7 Å². The molecule has 0 aromatic heterocycles. The summed E-state index contributed by atoms with van der Waals surface area (Å²) in [5.74, 6) is -3.26. The van der Waals surface area contributed by atoms with Crippen LogP contribution in [0.2, 0.25) is 0 Å². The Morgan fingerprint density at radius 2 is 1.47 bits per heavy atom. The molecule has 6 nitrogen and oxygen atoms in total. The third-order valence-corrected chi connectivity index (χ3v) is 6.70. The van der Waals surface area contributed by atoms with E-state index < -0.39 is 36.0 Å². The Morgan fingerprint density at radius 3 is 2.11 bits per heavy atom. The largest absolute Gasteiger partial charge is 0.512 e. The van der Waals surface area contributed by atoms with Crippen molar-refractivity contribution in [1.82, 2.24) is 0 Å². The van der Waals surface area contributed by atoms with Gasteiger partial charge < -0.3 is 20.1 Å². The minimum absolute atomic E-state index is 0.0500. The molecule has 0 amide bonds. The molecule has 4 rings (SSSR count). The van der Waals surface area contributed by atoms with E-state index in [1.54, 1.807) is 18.2 Å². The second-order valence-electron chi connectivity index (χ2n) is 9.13. The predicted octanol–water partition coefficient (Wildman–Crippen LogP) is 5.43. The van der Waals surface area contributed by atoms with Crippen LogP contribution < -0.4 is 0 Å². The molecule has 1 saturated carbocycles. The molecule has 3 N–H and O–H groups in total. The number of allylic oxidation sites excluding steroid dienone is 1. The molecule has 0 radical (unpaired) electrons. The quantitative estimate of drug-likeness (QED) is 0.275. The van der Waals surface area contributed by atoms with Crippen molar-refractivity contribution in [3.05, 3.63) is 108 Å². The van der Waals surface area contributed by atoms with Gasteiger partial charge in [0.25, 0.3) is 0 Å². The first-order valence-corrected chi connectivity index (χ1v) is 12.1. The second kappa shape index (κ2) is 11.7. The Hall–Kier alpha value is -3.90. The lowest BCUT2D eigenvalue weighted by Gasteiger charge is -2.24. The van der Waals surface area contributed by atoms with Crippen molar-refractivity contribution in [3.63, 3.8) is 0 Å². The highest BCUT2D eigenvalue weighted by Gasteiger charge is 2.47. The lowest BCUT2D eigenvalue weighted by molar-refractivity contribution is -0.139. The summed E-state index contributed by atoms with van der Waals surface area (Å²) >= 11 is 0. The van der Waals surface area contributed by atoms with Crippen LogP contribution in [0.3, 0.4) is 0 Å². The predicted molar refractivity (Wildman–Crippen MR) is 136 cm³/mol. The number of aryl methyl sites for hydroxylation is 1. The average molecular weight is 487 g/mol. The molecule has 0 saturated heterocycles. The Kier molecular flexibility index (Phi) is 8.18. The highest BCUT2D eigenvalue weighted by molar-refractivity contribution is 5.90. The molecule has 186 valence electrons. The SMILES string of the molecule is O=C(O)C[C@@H]1[C@@H](C(O)=CCCc2ccccc2)[C@H](OC(=O)c2ccc(-c3ccccc3)cc2)C[C@@H]1O. The number of carbonyl (C=O) groups excluding carboxylic acids is 1. The maximum absolute atomic E-state index is 12.9. The van der Waals surface area contributed by atoms with E-state index in [1.807, 2.05) is 72.8 Å². The van der Waals surface area contributed by atoms with Crippen molar-refractivity contribution in [2.24, 2.45) is 11.8 Å². The van der Waals surface area contributed by atoms with Gasteiger partial charge in [0.05, 0.1) is 29.8 Å². The first kappa shape index (κ1) is 25.2. The van der Waals surface area contributed by atoms with Gasteiger partial charge in [0.15, 0.2) is 0 Å². The Labute approximate surface area is 210 Å². The first-order valence-electron chi connectivity index (χ1n) is 12.1. The standard InChI is InChI=1S/C30H30O6/c31-25(13-7-10-20-8-3-1-4-9-20)29-24(18-28(33)34)26(32)19-27(29)36-30(35)23-16-14-22(15-17-23)21-11-5-2-6-12-21/h1-6,8-9,11-17,24,26-27,29,31-32H,7,10,18-19H2,(H,33,34)/t24-,26-,27+,29-/m0/s1. The van der Waals surface area contributed by atoms with Gasteiger partial charge in [-0.3, -0.25) is 4.79 Å². The van der Waals surface area contributed by atoms with Crippen molar-refractivity contribution >= 4 is 11.9 Å².